The van der Waals surface area contributed by atoms with Gasteiger partial charge in [0.25, 0.3) is 0 Å². The zero-order chi connectivity index (χ0) is 10.1. The van der Waals surface area contributed by atoms with E-state index in [0.717, 1.165) is 12.4 Å². The first-order valence-electron chi connectivity index (χ1n) is 4.15. The van der Waals surface area contributed by atoms with E-state index < -0.39 is 0 Å². The number of hydrogen-bond acceptors (Lipinski definition) is 1. The molecule has 0 radical (unpaired) electrons. The van der Waals surface area contributed by atoms with Gasteiger partial charge >= 0.3 is 30.0 Å². The average molecular weight is 295 g/mol. The van der Waals surface area contributed by atoms with E-state index in [4.69, 9.17) is 4.74 Å². The first-order valence-corrected chi connectivity index (χ1v) is 11.1. The number of halogens is 1. The van der Waals surface area contributed by atoms with Crippen LogP contribution in [0.3, 0.4) is 0 Å². The molecular weight excluding hydrogens is 281 g/mol. The third-order valence-electron chi connectivity index (χ3n) is 1.25. The van der Waals surface area contributed by atoms with Gasteiger partial charge in [-0.25, -0.2) is 0 Å². The summed E-state index contributed by atoms with van der Waals surface area (Å²) in [6.07, 6.45) is 0. The van der Waals surface area contributed by atoms with E-state index in [2.05, 4.69) is 33.5 Å². The Bertz CT molecular complexity index is 201. The molecular formula is C10H13BrOZn. The van der Waals surface area contributed by atoms with Crippen molar-refractivity contribution in [2.24, 2.45) is 5.92 Å². The van der Waals surface area contributed by atoms with Crippen LogP contribution < -0.4 is 4.74 Å². The zero-order valence-electron chi connectivity index (χ0n) is 8.09. The van der Waals surface area contributed by atoms with Crippen LogP contribution in [0.25, 0.3) is 0 Å². The molecule has 0 saturated carbocycles. The summed E-state index contributed by atoms with van der Waals surface area (Å²) >= 11 is 4.25. The van der Waals surface area contributed by atoms with E-state index in [0.29, 0.717) is 5.92 Å². The Labute approximate surface area is 96.9 Å². The van der Waals surface area contributed by atoms with Crippen molar-refractivity contribution in [3.8, 4) is 5.75 Å². The van der Waals surface area contributed by atoms with Gasteiger partial charge in [-0.2, -0.15) is 18.2 Å². The molecule has 0 amide bonds. The van der Waals surface area contributed by atoms with Crippen molar-refractivity contribution in [2.75, 3.05) is 6.61 Å². The molecule has 0 saturated heterocycles. The molecule has 3 heteroatoms. The van der Waals surface area contributed by atoms with Crippen LogP contribution in [0.15, 0.2) is 24.3 Å². The summed E-state index contributed by atoms with van der Waals surface area (Å²) in [7, 11) is 0. The summed E-state index contributed by atoms with van der Waals surface area (Å²) in [6, 6.07) is 10.7. The van der Waals surface area contributed by atoms with Gasteiger partial charge in [0.1, 0.15) is 0 Å². The Balaban J connectivity index is 0.000000671. The number of rotatable bonds is 3. The van der Waals surface area contributed by atoms with E-state index in [-0.39, 0.29) is 0 Å². The second kappa shape index (κ2) is 8.71. The molecule has 0 fully saturated rings. The first kappa shape index (κ1) is 13.1. The van der Waals surface area contributed by atoms with Crippen molar-refractivity contribution < 1.29 is 21.1 Å². The van der Waals surface area contributed by atoms with E-state index in [1.807, 2.05) is 24.3 Å². The van der Waals surface area contributed by atoms with E-state index in [1.54, 1.807) is 0 Å². The molecule has 0 spiro atoms. The molecule has 0 unspecified atom stereocenters. The summed E-state index contributed by atoms with van der Waals surface area (Å²) in [5.74, 6) is 1.41. The van der Waals surface area contributed by atoms with Gasteiger partial charge < -0.3 is 4.74 Å². The van der Waals surface area contributed by atoms with E-state index >= 15 is 0 Å². The minimum absolute atomic E-state index is 0.573. The molecule has 1 rings (SSSR count). The van der Waals surface area contributed by atoms with Crippen LogP contribution in [0.2, 0.25) is 0 Å². The van der Waals surface area contributed by atoms with Crippen LogP contribution in [0.1, 0.15) is 13.8 Å². The first-order chi connectivity index (χ1) is 6.29. The third-order valence-corrected chi connectivity index (χ3v) is 1.25. The van der Waals surface area contributed by atoms with Gasteiger partial charge in [-0.1, -0.05) is 13.8 Å². The van der Waals surface area contributed by atoms with Crippen LogP contribution in [-0.2, 0) is 16.3 Å². The number of hydrogen-bond donors (Lipinski definition) is 0. The molecule has 0 aliphatic rings. The SMILES string of the molecule is CC(C)COc1[c-]cccc1.[Zn+][Br]. The fourth-order valence-electron chi connectivity index (χ4n) is 0.723. The van der Waals surface area contributed by atoms with Crippen molar-refractivity contribution in [2.45, 2.75) is 13.8 Å². The number of ether oxygens (including phenoxy) is 1. The van der Waals surface area contributed by atoms with Gasteiger partial charge in [-0.05, 0) is 5.92 Å². The molecule has 0 N–H and O–H groups in total. The standard InChI is InChI=1S/C10H13O.BrH.Zn/c1-9(2)8-11-10-6-4-3-5-7-10;;/h3-6,9H,8H2,1-2H3;1H;/q-1;;+2/p-1. The zero-order valence-corrected chi connectivity index (χ0v) is 12.6. The Kier molecular flexibility index (Phi) is 8.79. The van der Waals surface area contributed by atoms with Gasteiger partial charge in [0.2, 0.25) is 0 Å². The second-order valence-electron chi connectivity index (χ2n) is 2.93. The summed E-state index contributed by atoms with van der Waals surface area (Å²) in [4.78, 5) is 0. The van der Waals surface area contributed by atoms with Crippen LogP contribution >= 0.6 is 13.6 Å². The molecule has 0 bridgehead atoms. The minimum atomic E-state index is 0.573. The molecule has 0 heterocycles. The topological polar surface area (TPSA) is 9.23 Å². The van der Waals surface area contributed by atoms with Crippen LogP contribution in [0.4, 0.5) is 0 Å². The van der Waals surface area contributed by atoms with Gasteiger partial charge in [-0.15, -0.1) is 12.1 Å². The van der Waals surface area contributed by atoms with E-state index in [1.165, 1.54) is 16.3 Å². The quantitative estimate of drug-likeness (QED) is 0.613. The number of benzene rings is 1. The van der Waals surface area contributed by atoms with Gasteiger partial charge in [0.05, 0.1) is 6.61 Å². The normalized spacial score (nSPS) is 9.08. The van der Waals surface area contributed by atoms with Crippen LogP contribution in [-0.4, -0.2) is 6.61 Å². The van der Waals surface area contributed by atoms with E-state index in [9.17, 15) is 0 Å². The predicted octanol–water partition coefficient (Wildman–Crippen LogP) is 3.36. The van der Waals surface area contributed by atoms with Crippen molar-refractivity contribution in [3.63, 3.8) is 0 Å². The van der Waals surface area contributed by atoms with Gasteiger partial charge in [-0.3, -0.25) is 0 Å². The molecule has 1 aromatic carbocycles. The molecule has 0 aromatic heterocycles. The van der Waals surface area contributed by atoms with Crippen molar-refractivity contribution in [1.82, 2.24) is 0 Å². The molecule has 13 heavy (non-hydrogen) atoms. The Morgan fingerprint density at radius 1 is 1.46 bits per heavy atom. The van der Waals surface area contributed by atoms with Gasteiger partial charge in [0, 0.05) is 5.75 Å². The van der Waals surface area contributed by atoms with Crippen molar-refractivity contribution in [1.29, 1.82) is 0 Å². The maximum atomic E-state index is 5.41. The maximum absolute atomic E-state index is 5.41. The Hall–Kier alpha value is 0.123. The predicted molar refractivity (Wildman–Crippen MR) is 54.5 cm³/mol. The van der Waals surface area contributed by atoms with Crippen LogP contribution in [0.5, 0.6) is 5.75 Å². The second-order valence-corrected chi connectivity index (χ2v) is 2.93. The molecule has 0 aliphatic carbocycles. The Morgan fingerprint density at radius 3 is 2.62 bits per heavy atom. The summed E-state index contributed by atoms with van der Waals surface area (Å²) in [5.41, 5.74) is 0. The molecule has 0 atom stereocenters. The molecule has 0 aliphatic heterocycles. The molecule has 68 valence electrons. The van der Waals surface area contributed by atoms with Crippen LogP contribution in [0, 0.1) is 12.0 Å². The summed E-state index contributed by atoms with van der Waals surface area (Å²) in [5, 5.41) is 0. The summed E-state index contributed by atoms with van der Waals surface area (Å²) < 4.78 is 5.41. The molecule has 1 aromatic rings. The monoisotopic (exact) mass is 292 g/mol. The molecule has 1 nitrogen and oxygen atoms in total. The summed E-state index contributed by atoms with van der Waals surface area (Å²) in [6.45, 7) is 5.02. The van der Waals surface area contributed by atoms with Crippen molar-refractivity contribution in [3.05, 3.63) is 30.3 Å². The fourth-order valence-corrected chi connectivity index (χ4v) is 0.723. The van der Waals surface area contributed by atoms with Gasteiger partial charge in [0.15, 0.2) is 0 Å². The third kappa shape index (κ3) is 7.21. The average Bonchev–Trinajstić information content (AvgIpc) is 2.19. The Morgan fingerprint density at radius 2 is 2.15 bits per heavy atom. The fraction of sp³-hybridized carbons (Fsp3) is 0.400. The van der Waals surface area contributed by atoms with Crippen molar-refractivity contribution >= 4 is 13.6 Å². The number of para-hydroxylation sites is 1.